The average Bonchev–Trinajstić information content (AvgIpc) is 2.93. The Hall–Kier alpha value is -1.91. The van der Waals surface area contributed by atoms with Crippen LogP contribution in [-0.4, -0.2) is 16.8 Å². The standard InChI is InChI=1S/C11H13N3O2/c1-5-4-7(5)8-6(10(12)15)2-3-14-9(8)11(13)16/h2-3,5,7H,4H2,1H3,(H2,12,15)(H2,13,16)/t5-,7-/m0/s1. The highest BCUT2D eigenvalue weighted by atomic mass is 16.1. The molecule has 0 aliphatic heterocycles. The van der Waals surface area contributed by atoms with Gasteiger partial charge in [-0.05, 0) is 29.9 Å². The van der Waals surface area contributed by atoms with Gasteiger partial charge in [0, 0.05) is 11.8 Å². The number of rotatable bonds is 3. The molecule has 1 saturated carbocycles. The van der Waals surface area contributed by atoms with Gasteiger partial charge in [0.25, 0.3) is 5.91 Å². The van der Waals surface area contributed by atoms with E-state index >= 15 is 0 Å². The number of hydrogen-bond donors (Lipinski definition) is 2. The van der Waals surface area contributed by atoms with E-state index in [1.165, 1.54) is 12.3 Å². The number of pyridine rings is 1. The van der Waals surface area contributed by atoms with Gasteiger partial charge in [-0.25, -0.2) is 0 Å². The minimum Gasteiger partial charge on any atom is -0.366 e. The molecular weight excluding hydrogens is 206 g/mol. The van der Waals surface area contributed by atoms with E-state index in [0.717, 1.165) is 6.42 Å². The van der Waals surface area contributed by atoms with Gasteiger partial charge in [-0.2, -0.15) is 0 Å². The molecule has 0 aromatic carbocycles. The molecule has 0 spiro atoms. The van der Waals surface area contributed by atoms with Crippen molar-refractivity contribution in [3.8, 4) is 0 Å². The molecule has 1 heterocycles. The summed E-state index contributed by atoms with van der Waals surface area (Å²) in [5.74, 6) is -0.532. The fourth-order valence-corrected chi connectivity index (χ4v) is 1.98. The zero-order chi connectivity index (χ0) is 11.9. The lowest BCUT2D eigenvalue weighted by atomic mass is 10.00. The number of nitrogens with zero attached hydrogens (tertiary/aromatic N) is 1. The molecule has 0 unspecified atom stereocenters. The highest BCUT2D eigenvalue weighted by molar-refractivity contribution is 6.00. The number of aromatic nitrogens is 1. The molecule has 4 N–H and O–H groups in total. The average molecular weight is 219 g/mol. The van der Waals surface area contributed by atoms with Gasteiger partial charge >= 0.3 is 0 Å². The van der Waals surface area contributed by atoms with Gasteiger partial charge < -0.3 is 11.5 Å². The molecule has 5 heteroatoms. The molecule has 16 heavy (non-hydrogen) atoms. The van der Waals surface area contributed by atoms with E-state index in [1.807, 2.05) is 6.92 Å². The number of primary amides is 2. The lowest BCUT2D eigenvalue weighted by Gasteiger charge is -2.09. The quantitative estimate of drug-likeness (QED) is 0.769. The van der Waals surface area contributed by atoms with Crippen LogP contribution in [0.25, 0.3) is 0 Å². The van der Waals surface area contributed by atoms with E-state index in [-0.39, 0.29) is 11.6 Å². The molecule has 2 atom stereocenters. The molecule has 84 valence electrons. The van der Waals surface area contributed by atoms with Crippen LogP contribution >= 0.6 is 0 Å². The van der Waals surface area contributed by atoms with Crippen LogP contribution in [-0.2, 0) is 0 Å². The topological polar surface area (TPSA) is 99.1 Å². The van der Waals surface area contributed by atoms with Crippen molar-refractivity contribution in [2.45, 2.75) is 19.3 Å². The van der Waals surface area contributed by atoms with Crippen molar-refractivity contribution in [1.29, 1.82) is 0 Å². The van der Waals surface area contributed by atoms with Gasteiger partial charge in [0.15, 0.2) is 0 Å². The zero-order valence-electron chi connectivity index (χ0n) is 8.93. The summed E-state index contributed by atoms with van der Waals surface area (Å²) in [7, 11) is 0. The number of carbonyl (C=O) groups excluding carboxylic acids is 2. The van der Waals surface area contributed by atoms with E-state index in [4.69, 9.17) is 11.5 Å². The second-order valence-electron chi connectivity index (χ2n) is 4.17. The molecule has 2 amide bonds. The van der Waals surface area contributed by atoms with Crippen LogP contribution < -0.4 is 11.5 Å². The minimum atomic E-state index is -0.614. The smallest absolute Gasteiger partial charge is 0.267 e. The third kappa shape index (κ3) is 1.64. The molecule has 0 saturated heterocycles. The molecule has 0 radical (unpaired) electrons. The van der Waals surface area contributed by atoms with E-state index < -0.39 is 11.8 Å². The monoisotopic (exact) mass is 219 g/mol. The molecule has 1 aromatic rings. The Morgan fingerprint density at radius 3 is 2.44 bits per heavy atom. The third-order valence-electron chi connectivity index (χ3n) is 2.97. The summed E-state index contributed by atoms with van der Waals surface area (Å²) in [6.45, 7) is 2.05. The first-order chi connectivity index (χ1) is 7.52. The van der Waals surface area contributed by atoms with Crippen molar-refractivity contribution in [3.05, 3.63) is 29.1 Å². The van der Waals surface area contributed by atoms with Crippen molar-refractivity contribution in [2.75, 3.05) is 0 Å². The maximum Gasteiger partial charge on any atom is 0.267 e. The molecule has 1 aromatic heterocycles. The van der Waals surface area contributed by atoms with Crippen molar-refractivity contribution in [2.24, 2.45) is 17.4 Å². The van der Waals surface area contributed by atoms with Crippen molar-refractivity contribution in [1.82, 2.24) is 4.98 Å². The van der Waals surface area contributed by atoms with Crippen molar-refractivity contribution < 1.29 is 9.59 Å². The van der Waals surface area contributed by atoms with Gasteiger partial charge in [0.2, 0.25) is 5.91 Å². The van der Waals surface area contributed by atoms with E-state index in [0.29, 0.717) is 17.0 Å². The molecular formula is C11H13N3O2. The van der Waals surface area contributed by atoms with Crippen LogP contribution in [0.1, 0.15) is 45.7 Å². The maximum absolute atomic E-state index is 11.3. The van der Waals surface area contributed by atoms with Gasteiger partial charge in [-0.1, -0.05) is 6.92 Å². The third-order valence-corrected chi connectivity index (χ3v) is 2.97. The van der Waals surface area contributed by atoms with Crippen LogP contribution in [0.4, 0.5) is 0 Å². The Balaban J connectivity index is 2.58. The Morgan fingerprint density at radius 2 is 2.00 bits per heavy atom. The molecule has 1 fully saturated rings. The summed E-state index contributed by atoms with van der Waals surface area (Å²) in [5.41, 5.74) is 11.7. The normalized spacial score (nSPS) is 22.8. The van der Waals surface area contributed by atoms with Gasteiger partial charge in [-0.15, -0.1) is 0 Å². The highest BCUT2D eigenvalue weighted by Crippen LogP contribution is 2.48. The first kappa shape index (κ1) is 10.6. The maximum atomic E-state index is 11.3. The predicted molar refractivity (Wildman–Crippen MR) is 57.8 cm³/mol. The Morgan fingerprint density at radius 1 is 1.38 bits per heavy atom. The Bertz CT molecular complexity index is 438. The number of carbonyl (C=O) groups is 2. The lowest BCUT2D eigenvalue weighted by molar-refractivity contribution is 0.0994. The van der Waals surface area contributed by atoms with Crippen molar-refractivity contribution >= 4 is 11.8 Å². The zero-order valence-corrected chi connectivity index (χ0v) is 8.93. The lowest BCUT2D eigenvalue weighted by Crippen LogP contribution is -2.21. The second kappa shape index (κ2) is 3.59. The van der Waals surface area contributed by atoms with Crippen LogP contribution in [0.2, 0.25) is 0 Å². The number of nitrogens with two attached hydrogens (primary N) is 2. The SMILES string of the molecule is C[C@H]1C[C@@H]1c1c(C(N)=O)ccnc1C(N)=O. The summed E-state index contributed by atoms with van der Waals surface area (Å²) >= 11 is 0. The first-order valence-corrected chi connectivity index (χ1v) is 5.11. The molecule has 0 bridgehead atoms. The first-order valence-electron chi connectivity index (χ1n) is 5.11. The van der Waals surface area contributed by atoms with Crippen LogP contribution in [0.15, 0.2) is 12.3 Å². The Labute approximate surface area is 92.8 Å². The fraction of sp³-hybridized carbons (Fsp3) is 0.364. The van der Waals surface area contributed by atoms with Crippen LogP contribution in [0.5, 0.6) is 0 Å². The predicted octanol–water partition coefficient (Wildman–Crippen LogP) is 0.403. The number of hydrogen-bond acceptors (Lipinski definition) is 3. The summed E-state index contributed by atoms with van der Waals surface area (Å²) in [6, 6.07) is 1.54. The highest BCUT2D eigenvalue weighted by Gasteiger charge is 2.39. The van der Waals surface area contributed by atoms with E-state index in [2.05, 4.69) is 4.98 Å². The Kier molecular flexibility index (Phi) is 2.38. The minimum absolute atomic E-state index is 0.172. The summed E-state index contributed by atoms with van der Waals surface area (Å²) < 4.78 is 0. The van der Waals surface area contributed by atoms with Gasteiger partial charge in [-0.3, -0.25) is 14.6 Å². The number of amides is 2. The van der Waals surface area contributed by atoms with Gasteiger partial charge in [0.1, 0.15) is 5.69 Å². The molecule has 2 rings (SSSR count). The van der Waals surface area contributed by atoms with Crippen LogP contribution in [0, 0.1) is 5.92 Å². The summed E-state index contributed by atoms with van der Waals surface area (Å²) in [6.07, 6.45) is 2.32. The van der Waals surface area contributed by atoms with Crippen molar-refractivity contribution in [3.63, 3.8) is 0 Å². The van der Waals surface area contributed by atoms with Crippen LogP contribution in [0.3, 0.4) is 0 Å². The molecule has 5 nitrogen and oxygen atoms in total. The summed E-state index contributed by atoms with van der Waals surface area (Å²) in [5, 5.41) is 0. The summed E-state index contributed by atoms with van der Waals surface area (Å²) in [4.78, 5) is 26.5. The largest absolute Gasteiger partial charge is 0.366 e. The molecule has 1 aliphatic carbocycles. The van der Waals surface area contributed by atoms with E-state index in [1.54, 1.807) is 0 Å². The molecule has 1 aliphatic rings. The van der Waals surface area contributed by atoms with Gasteiger partial charge in [0.05, 0.1) is 0 Å². The van der Waals surface area contributed by atoms with E-state index in [9.17, 15) is 9.59 Å². The second-order valence-corrected chi connectivity index (χ2v) is 4.17. The fourth-order valence-electron chi connectivity index (χ4n) is 1.98.